The molecule has 0 saturated heterocycles. The van der Waals surface area contributed by atoms with E-state index < -0.39 is 0 Å². The molecule has 3 nitrogen and oxygen atoms in total. The number of fused-ring (bicyclic) bond motifs is 1. The number of benzene rings is 1. The van der Waals surface area contributed by atoms with E-state index >= 15 is 0 Å². The largest absolute Gasteiger partial charge is 0.385 e. The Morgan fingerprint density at radius 3 is 2.90 bits per heavy atom. The zero-order valence-electron chi connectivity index (χ0n) is 12.2. The zero-order chi connectivity index (χ0) is 13.9. The summed E-state index contributed by atoms with van der Waals surface area (Å²) in [5.41, 5.74) is 3.19. The van der Waals surface area contributed by atoms with Crippen molar-refractivity contribution in [2.24, 2.45) is 5.92 Å². The third kappa shape index (κ3) is 2.67. The Balaban J connectivity index is 1.73. The van der Waals surface area contributed by atoms with Crippen molar-refractivity contribution in [1.29, 1.82) is 0 Å². The summed E-state index contributed by atoms with van der Waals surface area (Å²) in [6.45, 7) is 3.16. The molecule has 0 spiro atoms. The summed E-state index contributed by atoms with van der Waals surface area (Å²) in [5.74, 6) is 0.765. The molecule has 3 heteroatoms. The molecule has 1 fully saturated rings. The van der Waals surface area contributed by atoms with E-state index in [0.29, 0.717) is 5.92 Å². The molecule has 2 N–H and O–H groups in total. The van der Waals surface area contributed by atoms with E-state index in [0.717, 1.165) is 30.6 Å². The molecule has 0 aromatic heterocycles. The number of carbonyl (C=O) groups excluding carboxylic acids is 1. The molecule has 2 aliphatic rings. The summed E-state index contributed by atoms with van der Waals surface area (Å²) in [6, 6.07) is 6.30. The average Bonchev–Trinajstić information content (AvgIpc) is 3.01. The van der Waals surface area contributed by atoms with Crippen molar-refractivity contribution in [2.75, 3.05) is 11.9 Å². The molecular weight excluding hydrogens is 248 g/mol. The Bertz CT molecular complexity index is 492. The highest BCUT2D eigenvalue weighted by atomic mass is 16.1. The van der Waals surface area contributed by atoms with Gasteiger partial charge in [-0.2, -0.15) is 0 Å². The molecule has 1 aromatic rings. The molecule has 1 aliphatic heterocycles. The highest BCUT2D eigenvalue weighted by Crippen LogP contribution is 2.29. The van der Waals surface area contributed by atoms with Crippen molar-refractivity contribution in [3.63, 3.8) is 0 Å². The number of carbonyl (C=O) groups is 1. The second kappa shape index (κ2) is 5.86. The third-order valence-corrected chi connectivity index (χ3v) is 4.81. The van der Waals surface area contributed by atoms with Gasteiger partial charge in [-0.25, -0.2) is 0 Å². The number of amides is 1. The minimum atomic E-state index is 0.102. The van der Waals surface area contributed by atoms with Gasteiger partial charge in [0.25, 0.3) is 5.91 Å². The predicted molar refractivity (Wildman–Crippen MR) is 82.1 cm³/mol. The normalized spacial score (nSPS) is 20.1. The van der Waals surface area contributed by atoms with E-state index in [-0.39, 0.29) is 11.9 Å². The standard InChI is InChI=1S/C17H24N2O/c1-12(13-6-2-3-7-13)19-17(20)15-8-4-10-16-14(15)9-5-11-18-16/h4,8,10,12-13,18H,2-3,5-7,9,11H2,1H3,(H,19,20)/t12-/m0/s1. The van der Waals surface area contributed by atoms with Crippen LogP contribution in [0.15, 0.2) is 18.2 Å². The highest BCUT2D eigenvalue weighted by molar-refractivity contribution is 5.97. The lowest BCUT2D eigenvalue weighted by atomic mass is 9.95. The Morgan fingerprint density at radius 1 is 1.30 bits per heavy atom. The lowest BCUT2D eigenvalue weighted by Crippen LogP contribution is -2.37. The molecule has 0 radical (unpaired) electrons. The fourth-order valence-electron chi connectivity index (χ4n) is 3.58. The van der Waals surface area contributed by atoms with E-state index in [1.165, 1.54) is 31.2 Å². The van der Waals surface area contributed by atoms with Gasteiger partial charge in [0.2, 0.25) is 0 Å². The summed E-state index contributed by atoms with van der Waals surface area (Å²) < 4.78 is 0. The van der Waals surface area contributed by atoms with Crippen molar-refractivity contribution < 1.29 is 4.79 Å². The highest BCUT2D eigenvalue weighted by Gasteiger charge is 2.24. The number of nitrogens with one attached hydrogen (secondary N) is 2. The van der Waals surface area contributed by atoms with Gasteiger partial charge in [0.05, 0.1) is 0 Å². The van der Waals surface area contributed by atoms with Crippen LogP contribution in [0, 0.1) is 5.92 Å². The summed E-state index contributed by atoms with van der Waals surface area (Å²) in [7, 11) is 0. The number of hydrogen-bond donors (Lipinski definition) is 2. The molecule has 1 atom stereocenters. The van der Waals surface area contributed by atoms with Crippen LogP contribution in [-0.4, -0.2) is 18.5 Å². The first-order chi connectivity index (χ1) is 9.75. The maximum Gasteiger partial charge on any atom is 0.251 e. The minimum Gasteiger partial charge on any atom is -0.385 e. The van der Waals surface area contributed by atoms with Crippen LogP contribution < -0.4 is 10.6 Å². The quantitative estimate of drug-likeness (QED) is 0.886. The Hall–Kier alpha value is -1.51. The number of anilines is 1. The van der Waals surface area contributed by atoms with Crippen LogP contribution >= 0.6 is 0 Å². The molecular formula is C17H24N2O. The van der Waals surface area contributed by atoms with Gasteiger partial charge < -0.3 is 10.6 Å². The van der Waals surface area contributed by atoms with Gasteiger partial charge >= 0.3 is 0 Å². The number of rotatable bonds is 3. The van der Waals surface area contributed by atoms with Crippen LogP contribution in [0.25, 0.3) is 0 Å². The Labute approximate surface area is 121 Å². The Morgan fingerprint density at radius 2 is 2.10 bits per heavy atom. The van der Waals surface area contributed by atoms with Gasteiger partial charge in [0, 0.05) is 23.8 Å². The van der Waals surface area contributed by atoms with Gasteiger partial charge in [0.1, 0.15) is 0 Å². The monoisotopic (exact) mass is 272 g/mol. The average molecular weight is 272 g/mol. The first-order valence-corrected chi connectivity index (χ1v) is 7.92. The molecule has 1 aliphatic carbocycles. The van der Waals surface area contributed by atoms with Crippen molar-refractivity contribution in [3.8, 4) is 0 Å². The first-order valence-electron chi connectivity index (χ1n) is 7.92. The molecule has 1 aromatic carbocycles. The van der Waals surface area contributed by atoms with Crippen molar-refractivity contribution in [2.45, 2.75) is 51.5 Å². The molecule has 1 saturated carbocycles. The van der Waals surface area contributed by atoms with E-state index in [9.17, 15) is 4.79 Å². The van der Waals surface area contributed by atoms with Crippen LogP contribution in [0.4, 0.5) is 5.69 Å². The molecule has 1 heterocycles. The second-order valence-electron chi connectivity index (χ2n) is 6.17. The van der Waals surface area contributed by atoms with Gasteiger partial charge in [-0.15, -0.1) is 0 Å². The third-order valence-electron chi connectivity index (χ3n) is 4.81. The molecule has 0 unspecified atom stereocenters. The summed E-state index contributed by atoms with van der Waals surface area (Å²) in [4.78, 5) is 12.5. The van der Waals surface area contributed by atoms with Gasteiger partial charge in [-0.05, 0) is 56.2 Å². The fourth-order valence-corrected chi connectivity index (χ4v) is 3.58. The minimum absolute atomic E-state index is 0.102. The van der Waals surface area contributed by atoms with Crippen molar-refractivity contribution >= 4 is 11.6 Å². The van der Waals surface area contributed by atoms with E-state index in [2.05, 4.69) is 23.6 Å². The Kier molecular flexibility index (Phi) is 3.95. The maximum atomic E-state index is 12.5. The predicted octanol–water partition coefficient (Wildman–Crippen LogP) is 3.35. The van der Waals surface area contributed by atoms with E-state index in [4.69, 9.17) is 0 Å². The molecule has 0 bridgehead atoms. The van der Waals surface area contributed by atoms with Crippen LogP contribution in [0.5, 0.6) is 0 Å². The molecule has 3 rings (SSSR count). The van der Waals surface area contributed by atoms with Crippen LogP contribution in [0.2, 0.25) is 0 Å². The lowest BCUT2D eigenvalue weighted by molar-refractivity contribution is 0.0926. The first kappa shape index (κ1) is 13.5. The van der Waals surface area contributed by atoms with E-state index in [1.54, 1.807) is 0 Å². The topological polar surface area (TPSA) is 41.1 Å². The van der Waals surface area contributed by atoms with Crippen LogP contribution in [0.3, 0.4) is 0 Å². The summed E-state index contributed by atoms with van der Waals surface area (Å²) >= 11 is 0. The lowest BCUT2D eigenvalue weighted by Gasteiger charge is -2.23. The number of hydrogen-bond acceptors (Lipinski definition) is 2. The molecule has 1 amide bonds. The van der Waals surface area contributed by atoms with Gasteiger partial charge in [0.15, 0.2) is 0 Å². The fraction of sp³-hybridized carbons (Fsp3) is 0.588. The van der Waals surface area contributed by atoms with Crippen LogP contribution in [-0.2, 0) is 6.42 Å². The smallest absolute Gasteiger partial charge is 0.251 e. The zero-order valence-corrected chi connectivity index (χ0v) is 12.2. The second-order valence-corrected chi connectivity index (χ2v) is 6.17. The van der Waals surface area contributed by atoms with Gasteiger partial charge in [-0.1, -0.05) is 18.9 Å². The van der Waals surface area contributed by atoms with Crippen molar-refractivity contribution in [3.05, 3.63) is 29.3 Å². The summed E-state index contributed by atoms with van der Waals surface area (Å²) in [6.07, 6.45) is 7.26. The van der Waals surface area contributed by atoms with Crippen LogP contribution in [0.1, 0.15) is 54.9 Å². The van der Waals surface area contributed by atoms with Gasteiger partial charge in [-0.3, -0.25) is 4.79 Å². The molecule has 20 heavy (non-hydrogen) atoms. The summed E-state index contributed by atoms with van der Waals surface area (Å²) in [5, 5.41) is 6.61. The van der Waals surface area contributed by atoms with E-state index in [1.807, 2.05) is 12.1 Å². The molecule has 108 valence electrons. The maximum absolute atomic E-state index is 12.5. The SMILES string of the molecule is C[C@H](NC(=O)c1cccc2c1CCCN2)C1CCCC1. The van der Waals surface area contributed by atoms with Crippen molar-refractivity contribution in [1.82, 2.24) is 5.32 Å².